The van der Waals surface area contributed by atoms with Crippen LogP contribution < -0.4 is 10.2 Å². The van der Waals surface area contributed by atoms with E-state index in [1.165, 1.54) is 0 Å². The van der Waals surface area contributed by atoms with Crippen molar-refractivity contribution >= 4 is 11.8 Å². The van der Waals surface area contributed by atoms with E-state index in [-0.39, 0.29) is 0 Å². The molecular formula is C16H23N5. The van der Waals surface area contributed by atoms with Crippen LogP contribution in [0.15, 0.2) is 30.5 Å². The highest BCUT2D eigenvalue weighted by Gasteiger charge is 2.09. The molecule has 0 fully saturated rings. The van der Waals surface area contributed by atoms with Gasteiger partial charge in [0.05, 0.1) is 12.2 Å². The van der Waals surface area contributed by atoms with Crippen molar-refractivity contribution < 1.29 is 0 Å². The molecule has 0 bridgehead atoms. The summed E-state index contributed by atoms with van der Waals surface area (Å²) in [6.45, 7) is 8.77. The topological polar surface area (TPSA) is 53.9 Å². The molecule has 0 atom stereocenters. The van der Waals surface area contributed by atoms with Gasteiger partial charge in [-0.3, -0.25) is 4.98 Å². The summed E-state index contributed by atoms with van der Waals surface area (Å²) >= 11 is 0. The molecule has 112 valence electrons. The van der Waals surface area contributed by atoms with Gasteiger partial charge >= 0.3 is 0 Å². The highest BCUT2D eigenvalue weighted by molar-refractivity contribution is 5.42. The summed E-state index contributed by atoms with van der Waals surface area (Å²) in [5.41, 5.74) is 2.09. The van der Waals surface area contributed by atoms with Crippen LogP contribution in [0.5, 0.6) is 0 Å². The predicted octanol–water partition coefficient (Wildman–Crippen LogP) is 3.03. The number of nitrogens with zero attached hydrogens (tertiary/aromatic N) is 4. The van der Waals surface area contributed by atoms with Gasteiger partial charge in [-0.15, -0.1) is 0 Å². The van der Waals surface area contributed by atoms with E-state index in [0.29, 0.717) is 5.95 Å². The molecule has 0 saturated carbocycles. The first-order valence-electron chi connectivity index (χ1n) is 7.47. The third-order valence-electron chi connectivity index (χ3n) is 3.18. The lowest BCUT2D eigenvalue weighted by molar-refractivity contribution is 0.787. The lowest BCUT2D eigenvalue weighted by atomic mass is 10.3. The van der Waals surface area contributed by atoms with E-state index in [1.807, 2.05) is 31.2 Å². The Morgan fingerprint density at radius 1 is 1.14 bits per heavy atom. The van der Waals surface area contributed by atoms with Gasteiger partial charge in [0.15, 0.2) is 0 Å². The van der Waals surface area contributed by atoms with Crippen LogP contribution in [0.2, 0.25) is 0 Å². The van der Waals surface area contributed by atoms with Crippen LogP contribution in [-0.4, -0.2) is 28.0 Å². The van der Waals surface area contributed by atoms with Crippen molar-refractivity contribution in [1.29, 1.82) is 0 Å². The molecule has 0 amide bonds. The van der Waals surface area contributed by atoms with E-state index in [2.05, 4.69) is 39.0 Å². The van der Waals surface area contributed by atoms with Gasteiger partial charge in [-0.25, -0.2) is 4.98 Å². The fraction of sp³-hybridized carbons (Fsp3) is 0.438. The maximum absolute atomic E-state index is 4.58. The fourth-order valence-corrected chi connectivity index (χ4v) is 2.09. The van der Waals surface area contributed by atoms with Gasteiger partial charge in [0.2, 0.25) is 5.95 Å². The zero-order valence-corrected chi connectivity index (χ0v) is 13.0. The molecule has 0 aromatic carbocycles. The lowest BCUT2D eigenvalue weighted by Crippen LogP contribution is -2.24. The van der Waals surface area contributed by atoms with Crippen LogP contribution in [0.25, 0.3) is 0 Å². The molecule has 0 saturated heterocycles. The number of aromatic nitrogens is 3. The van der Waals surface area contributed by atoms with Gasteiger partial charge in [-0.1, -0.05) is 13.0 Å². The van der Waals surface area contributed by atoms with Crippen molar-refractivity contribution in [2.45, 2.75) is 33.7 Å². The maximum atomic E-state index is 4.58. The van der Waals surface area contributed by atoms with Gasteiger partial charge in [-0.2, -0.15) is 4.98 Å². The molecule has 0 aliphatic carbocycles. The Labute approximate surface area is 126 Å². The molecule has 0 unspecified atom stereocenters. The van der Waals surface area contributed by atoms with E-state index in [4.69, 9.17) is 0 Å². The van der Waals surface area contributed by atoms with Crippen molar-refractivity contribution in [3.05, 3.63) is 41.9 Å². The summed E-state index contributed by atoms with van der Waals surface area (Å²) in [6, 6.07) is 8.04. The maximum Gasteiger partial charge on any atom is 0.224 e. The third-order valence-corrected chi connectivity index (χ3v) is 3.18. The summed E-state index contributed by atoms with van der Waals surface area (Å²) in [7, 11) is 0. The number of pyridine rings is 1. The molecule has 2 aromatic rings. The molecule has 2 heterocycles. The minimum Gasteiger partial charge on any atom is -0.354 e. The van der Waals surface area contributed by atoms with Crippen molar-refractivity contribution in [3.63, 3.8) is 0 Å². The minimum atomic E-state index is 0.685. The van der Waals surface area contributed by atoms with Crippen LogP contribution in [0, 0.1) is 6.92 Å². The number of nitrogens with one attached hydrogen (secondary N) is 1. The monoisotopic (exact) mass is 285 g/mol. The molecule has 0 aliphatic heterocycles. The second kappa shape index (κ2) is 7.57. The Hall–Kier alpha value is -2.17. The largest absolute Gasteiger partial charge is 0.354 e. The number of rotatable bonds is 7. The second-order valence-corrected chi connectivity index (χ2v) is 4.95. The molecule has 5 heteroatoms. The summed E-state index contributed by atoms with van der Waals surface area (Å²) < 4.78 is 0. The highest BCUT2D eigenvalue weighted by atomic mass is 15.2. The molecule has 21 heavy (non-hydrogen) atoms. The molecule has 1 N–H and O–H groups in total. The number of anilines is 2. The van der Waals surface area contributed by atoms with Crippen molar-refractivity contribution in [1.82, 2.24) is 15.0 Å². The van der Waals surface area contributed by atoms with E-state index >= 15 is 0 Å². The van der Waals surface area contributed by atoms with Crippen LogP contribution in [0.1, 0.15) is 31.7 Å². The molecule has 2 rings (SSSR count). The van der Waals surface area contributed by atoms with E-state index < -0.39 is 0 Å². The Bertz CT molecular complexity index is 570. The molecule has 0 aliphatic rings. The van der Waals surface area contributed by atoms with E-state index in [0.717, 1.165) is 43.3 Å². The van der Waals surface area contributed by atoms with Crippen LogP contribution >= 0.6 is 0 Å². The zero-order valence-electron chi connectivity index (χ0n) is 13.0. The Balaban J connectivity index is 2.13. The highest BCUT2D eigenvalue weighted by Crippen LogP contribution is 2.15. The summed E-state index contributed by atoms with van der Waals surface area (Å²) in [5, 5.41) is 3.22. The third kappa shape index (κ3) is 4.41. The normalized spacial score (nSPS) is 10.4. The fourth-order valence-electron chi connectivity index (χ4n) is 2.09. The predicted molar refractivity (Wildman–Crippen MR) is 86.5 cm³/mol. The first kappa shape index (κ1) is 15.2. The summed E-state index contributed by atoms with van der Waals surface area (Å²) in [5.74, 6) is 1.61. The van der Waals surface area contributed by atoms with Crippen LogP contribution in [0.3, 0.4) is 0 Å². The second-order valence-electron chi connectivity index (χ2n) is 4.95. The van der Waals surface area contributed by atoms with Crippen LogP contribution in [-0.2, 0) is 6.54 Å². The molecule has 0 radical (unpaired) electrons. The SMILES string of the molecule is CCCNc1nccc(N(CC)Cc2cccc(C)n2)n1. The Kier molecular flexibility index (Phi) is 5.49. The quantitative estimate of drug-likeness (QED) is 0.847. The number of hydrogen-bond acceptors (Lipinski definition) is 5. The van der Waals surface area contributed by atoms with Gasteiger partial charge in [0, 0.05) is 25.0 Å². The molecular weight excluding hydrogens is 262 g/mol. The molecule has 0 spiro atoms. The molecule has 2 aromatic heterocycles. The average molecular weight is 285 g/mol. The first-order valence-corrected chi connectivity index (χ1v) is 7.47. The van der Waals surface area contributed by atoms with E-state index in [9.17, 15) is 0 Å². The van der Waals surface area contributed by atoms with Crippen molar-refractivity contribution in [2.75, 3.05) is 23.3 Å². The van der Waals surface area contributed by atoms with Gasteiger partial charge in [0.25, 0.3) is 0 Å². The summed E-state index contributed by atoms with van der Waals surface area (Å²) in [4.78, 5) is 15.6. The van der Waals surface area contributed by atoms with Gasteiger partial charge in [-0.05, 0) is 38.5 Å². The average Bonchev–Trinajstić information content (AvgIpc) is 2.51. The Morgan fingerprint density at radius 2 is 2.00 bits per heavy atom. The zero-order chi connectivity index (χ0) is 15.1. The van der Waals surface area contributed by atoms with Gasteiger partial charge < -0.3 is 10.2 Å². The minimum absolute atomic E-state index is 0.685. The van der Waals surface area contributed by atoms with Crippen molar-refractivity contribution in [2.24, 2.45) is 0 Å². The summed E-state index contributed by atoms with van der Waals surface area (Å²) in [6.07, 6.45) is 2.85. The first-order chi connectivity index (χ1) is 10.2. The van der Waals surface area contributed by atoms with Gasteiger partial charge in [0.1, 0.15) is 5.82 Å². The Morgan fingerprint density at radius 3 is 2.71 bits per heavy atom. The lowest BCUT2D eigenvalue weighted by Gasteiger charge is -2.22. The smallest absolute Gasteiger partial charge is 0.224 e. The number of hydrogen-bond donors (Lipinski definition) is 1. The standard InChI is InChI=1S/C16H23N5/c1-4-10-17-16-18-11-9-15(20-16)21(5-2)12-14-8-6-7-13(3)19-14/h6-9,11H,4-5,10,12H2,1-3H3,(H,17,18,20). The molecule has 5 nitrogen and oxygen atoms in total. The number of aryl methyl sites for hydroxylation is 1. The van der Waals surface area contributed by atoms with E-state index in [1.54, 1.807) is 6.20 Å². The van der Waals surface area contributed by atoms with Crippen LogP contribution in [0.4, 0.5) is 11.8 Å². The van der Waals surface area contributed by atoms with Crippen molar-refractivity contribution in [3.8, 4) is 0 Å².